The van der Waals surface area contributed by atoms with Crippen molar-refractivity contribution in [3.63, 3.8) is 0 Å². The Balaban J connectivity index is 2.23. The van der Waals surface area contributed by atoms with Crippen molar-refractivity contribution in [2.75, 3.05) is 18.0 Å². The van der Waals surface area contributed by atoms with Crippen LogP contribution in [0.4, 0.5) is 14.5 Å². The number of anilines is 1. The lowest BCUT2D eigenvalue weighted by molar-refractivity contribution is 0.434. The Labute approximate surface area is 103 Å². The first-order valence-corrected chi connectivity index (χ1v) is 6.26. The van der Waals surface area contributed by atoms with Gasteiger partial charge in [-0.3, -0.25) is 0 Å². The summed E-state index contributed by atoms with van der Waals surface area (Å²) in [6.45, 7) is 3.80. The van der Waals surface area contributed by atoms with Gasteiger partial charge in [-0.2, -0.15) is 0 Å². The van der Waals surface area contributed by atoms with E-state index in [2.05, 4.69) is 22.9 Å². The normalized spacial score (nSPS) is 17.9. The van der Waals surface area contributed by atoms with Crippen LogP contribution in [0.5, 0.6) is 0 Å². The molecule has 1 saturated heterocycles. The molecule has 1 aliphatic heterocycles. The SMILES string of the molecule is CC1CCN(c2cc(F)c(Br)cc2F)CC1. The van der Waals surface area contributed by atoms with Gasteiger partial charge < -0.3 is 4.90 Å². The third-order valence-electron chi connectivity index (χ3n) is 3.11. The molecule has 0 radical (unpaired) electrons. The number of hydrogen-bond donors (Lipinski definition) is 0. The minimum Gasteiger partial charge on any atom is -0.369 e. The molecule has 0 aromatic heterocycles. The standard InChI is InChI=1S/C12H14BrF2N/c1-8-2-4-16(5-3-8)12-7-10(14)9(13)6-11(12)15/h6-8H,2-5H2,1H3. The highest BCUT2D eigenvalue weighted by Crippen LogP contribution is 2.29. The Morgan fingerprint density at radius 1 is 1.19 bits per heavy atom. The summed E-state index contributed by atoms with van der Waals surface area (Å²) >= 11 is 2.98. The molecule has 1 aromatic rings. The average molecular weight is 290 g/mol. The van der Waals surface area contributed by atoms with Crippen molar-refractivity contribution >= 4 is 21.6 Å². The Kier molecular flexibility index (Phi) is 3.47. The van der Waals surface area contributed by atoms with Crippen LogP contribution >= 0.6 is 15.9 Å². The molecule has 2 rings (SSSR count). The van der Waals surface area contributed by atoms with Crippen molar-refractivity contribution in [2.45, 2.75) is 19.8 Å². The van der Waals surface area contributed by atoms with Gasteiger partial charge in [-0.1, -0.05) is 6.92 Å². The molecule has 1 nitrogen and oxygen atoms in total. The van der Waals surface area contributed by atoms with E-state index in [1.165, 1.54) is 12.1 Å². The van der Waals surface area contributed by atoms with Crippen LogP contribution in [0, 0.1) is 17.6 Å². The highest BCUT2D eigenvalue weighted by Gasteiger charge is 2.19. The predicted molar refractivity (Wildman–Crippen MR) is 64.7 cm³/mol. The smallest absolute Gasteiger partial charge is 0.147 e. The van der Waals surface area contributed by atoms with E-state index in [1.54, 1.807) is 0 Å². The second-order valence-corrected chi connectivity index (χ2v) is 5.24. The van der Waals surface area contributed by atoms with Crippen molar-refractivity contribution in [1.82, 2.24) is 0 Å². The fourth-order valence-electron chi connectivity index (χ4n) is 2.00. The molecule has 1 fully saturated rings. The zero-order valence-electron chi connectivity index (χ0n) is 9.14. The summed E-state index contributed by atoms with van der Waals surface area (Å²) in [7, 11) is 0. The van der Waals surface area contributed by atoms with Gasteiger partial charge in [0.05, 0.1) is 10.2 Å². The van der Waals surface area contributed by atoms with Crippen molar-refractivity contribution < 1.29 is 8.78 Å². The summed E-state index contributed by atoms with van der Waals surface area (Å²) in [6, 6.07) is 2.47. The third-order valence-corrected chi connectivity index (χ3v) is 3.72. The molecule has 0 atom stereocenters. The summed E-state index contributed by atoms with van der Waals surface area (Å²) in [5, 5.41) is 0. The van der Waals surface area contributed by atoms with Gasteiger partial charge in [-0.15, -0.1) is 0 Å². The lowest BCUT2D eigenvalue weighted by Gasteiger charge is -2.32. The molecule has 4 heteroatoms. The summed E-state index contributed by atoms with van der Waals surface area (Å²) < 4.78 is 27.2. The van der Waals surface area contributed by atoms with Gasteiger partial charge in [0.25, 0.3) is 0 Å². The maximum Gasteiger partial charge on any atom is 0.147 e. The van der Waals surface area contributed by atoms with Crippen molar-refractivity contribution in [2.24, 2.45) is 5.92 Å². The van der Waals surface area contributed by atoms with Crippen molar-refractivity contribution in [3.05, 3.63) is 28.2 Å². The van der Waals surface area contributed by atoms with Crippen molar-refractivity contribution in [1.29, 1.82) is 0 Å². The number of piperidine rings is 1. The maximum atomic E-state index is 13.7. The number of rotatable bonds is 1. The molecule has 0 N–H and O–H groups in total. The van der Waals surface area contributed by atoms with E-state index in [9.17, 15) is 8.78 Å². The highest BCUT2D eigenvalue weighted by molar-refractivity contribution is 9.10. The van der Waals surface area contributed by atoms with Gasteiger partial charge in [0.2, 0.25) is 0 Å². The van der Waals surface area contributed by atoms with Gasteiger partial charge in [-0.25, -0.2) is 8.78 Å². The summed E-state index contributed by atoms with van der Waals surface area (Å²) in [5.74, 6) is -0.0857. The quantitative estimate of drug-likeness (QED) is 0.708. The predicted octanol–water partition coefficient (Wildman–Crippen LogP) is 3.96. The fourth-order valence-corrected chi connectivity index (χ4v) is 2.32. The Morgan fingerprint density at radius 3 is 2.44 bits per heavy atom. The van der Waals surface area contributed by atoms with Crippen LogP contribution < -0.4 is 4.90 Å². The van der Waals surface area contributed by atoms with E-state index in [0.29, 0.717) is 11.6 Å². The van der Waals surface area contributed by atoms with Crippen LogP contribution in [-0.2, 0) is 0 Å². The topological polar surface area (TPSA) is 3.24 Å². The minimum absolute atomic E-state index is 0.180. The van der Waals surface area contributed by atoms with Crippen LogP contribution in [-0.4, -0.2) is 13.1 Å². The molecular weight excluding hydrogens is 276 g/mol. The number of nitrogens with zero attached hydrogens (tertiary/aromatic N) is 1. The summed E-state index contributed by atoms with van der Waals surface area (Å²) in [5.41, 5.74) is 0.382. The van der Waals surface area contributed by atoms with Crippen molar-refractivity contribution in [3.8, 4) is 0 Å². The molecule has 88 valence electrons. The molecule has 0 aliphatic carbocycles. The first-order valence-electron chi connectivity index (χ1n) is 5.47. The fraction of sp³-hybridized carbons (Fsp3) is 0.500. The third kappa shape index (κ3) is 2.37. The van der Waals surface area contributed by atoms with Gasteiger partial charge in [0.1, 0.15) is 11.6 Å². The van der Waals surface area contributed by atoms with E-state index in [0.717, 1.165) is 25.9 Å². The minimum atomic E-state index is -0.407. The molecular formula is C12H14BrF2N. The zero-order valence-corrected chi connectivity index (χ0v) is 10.7. The highest BCUT2D eigenvalue weighted by atomic mass is 79.9. The summed E-state index contributed by atoms with van der Waals surface area (Å²) in [6.07, 6.45) is 2.08. The molecule has 0 amide bonds. The number of halogens is 3. The Hall–Kier alpha value is -0.640. The van der Waals surface area contributed by atoms with Crippen LogP contribution in [0.15, 0.2) is 16.6 Å². The molecule has 1 heterocycles. The molecule has 0 saturated carbocycles. The zero-order chi connectivity index (χ0) is 11.7. The lowest BCUT2D eigenvalue weighted by atomic mass is 9.99. The van der Waals surface area contributed by atoms with Crippen LogP contribution in [0.2, 0.25) is 0 Å². The average Bonchev–Trinajstić information content (AvgIpc) is 2.25. The molecule has 0 bridgehead atoms. The summed E-state index contributed by atoms with van der Waals surface area (Å²) in [4.78, 5) is 1.92. The largest absolute Gasteiger partial charge is 0.369 e. The van der Waals surface area contributed by atoms with Gasteiger partial charge in [-0.05, 0) is 40.8 Å². The molecule has 0 unspecified atom stereocenters. The van der Waals surface area contributed by atoms with E-state index in [-0.39, 0.29) is 10.3 Å². The monoisotopic (exact) mass is 289 g/mol. The number of hydrogen-bond acceptors (Lipinski definition) is 1. The van der Waals surface area contributed by atoms with E-state index in [4.69, 9.17) is 0 Å². The van der Waals surface area contributed by atoms with E-state index >= 15 is 0 Å². The second kappa shape index (κ2) is 4.70. The maximum absolute atomic E-state index is 13.7. The molecule has 1 aromatic carbocycles. The van der Waals surface area contributed by atoms with Crippen LogP contribution in [0.1, 0.15) is 19.8 Å². The Morgan fingerprint density at radius 2 is 1.81 bits per heavy atom. The van der Waals surface area contributed by atoms with E-state index in [1.807, 2.05) is 4.90 Å². The van der Waals surface area contributed by atoms with Gasteiger partial charge in [0, 0.05) is 19.2 Å². The molecule has 1 aliphatic rings. The molecule has 0 spiro atoms. The lowest BCUT2D eigenvalue weighted by Crippen LogP contribution is -2.33. The molecule has 16 heavy (non-hydrogen) atoms. The first kappa shape index (κ1) is 11.8. The van der Waals surface area contributed by atoms with Gasteiger partial charge >= 0.3 is 0 Å². The second-order valence-electron chi connectivity index (χ2n) is 4.39. The number of benzene rings is 1. The van der Waals surface area contributed by atoms with Crippen LogP contribution in [0.3, 0.4) is 0 Å². The van der Waals surface area contributed by atoms with Gasteiger partial charge in [0.15, 0.2) is 0 Å². The van der Waals surface area contributed by atoms with E-state index < -0.39 is 5.82 Å². The Bertz CT molecular complexity index is 387. The van der Waals surface area contributed by atoms with Crippen LogP contribution in [0.25, 0.3) is 0 Å². The first-order chi connectivity index (χ1) is 7.58.